The number of amides is 1. The van der Waals surface area contributed by atoms with Gasteiger partial charge in [-0.25, -0.2) is 13.4 Å². The van der Waals surface area contributed by atoms with Crippen molar-refractivity contribution in [1.82, 2.24) is 14.2 Å². The topological polar surface area (TPSA) is 70.6 Å². The second-order valence-electron chi connectivity index (χ2n) is 6.22. The van der Waals surface area contributed by atoms with Crippen molar-refractivity contribution in [2.24, 2.45) is 0 Å². The van der Waals surface area contributed by atoms with Crippen LogP contribution in [0, 0.1) is 0 Å². The molecule has 1 atom stereocenters. The third-order valence-electron chi connectivity index (χ3n) is 4.38. The fourth-order valence-corrected chi connectivity index (χ4v) is 5.43. The van der Waals surface area contributed by atoms with Crippen LogP contribution < -0.4 is 0 Å². The van der Waals surface area contributed by atoms with Crippen LogP contribution in [0.2, 0.25) is 0 Å². The first-order valence-corrected chi connectivity index (χ1v) is 10.5. The molecule has 0 unspecified atom stereocenters. The lowest BCUT2D eigenvalue weighted by molar-refractivity contribution is 0.0784. The number of benzene rings is 1. The predicted molar refractivity (Wildman–Crippen MR) is 96.9 cm³/mol. The summed E-state index contributed by atoms with van der Waals surface area (Å²) >= 11 is 1.48. The van der Waals surface area contributed by atoms with Crippen molar-refractivity contribution in [3.63, 3.8) is 0 Å². The van der Waals surface area contributed by atoms with E-state index >= 15 is 0 Å². The van der Waals surface area contributed by atoms with Gasteiger partial charge < -0.3 is 4.90 Å². The van der Waals surface area contributed by atoms with Crippen LogP contribution in [0.3, 0.4) is 0 Å². The number of thiazole rings is 1. The Kier molecular flexibility index (Phi) is 5.21. The summed E-state index contributed by atoms with van der Waals surface area (Å²) in [6, 6.07) is 6.29. The molecule has 0 saturated carbocycles. The van der Waals surface area contributed by atoms with Crippen molar-refractivity contribution >= 4 is 27.3 Å². The average Bonchev–Trinajstić information content (AvgIpc) is 3.26. The molecule has 8 heteroatoms. The normalized spacial score (nSPS) is 18.4. The molecule has 1 amide bonds. The van der Waals surface area contributed by atoms with Crippen LogP contribution >= 0.6 is 11.3 Å². The van der Waals surface area contributed by atoms with Gasteiger partial charge in [-0.1, -0.05) is 6.07 Å². The van der Waals surface area contributed by atoms with Gasteiger partial charge in [0.05, 0.1) is 11.4 Å². The molecule has 0 spiro atoms. The van der Waals surface area contributed by atoms with E-state index < -0.39 is 10.0 Å². The molecule has 1 aromatic carbocycles. The Hall–Kier alpha value is -1.77. The molecule has 0 bridgehead atoms. The van der Waals surface area contributed by atoms with E-state index in [0.29, 0.717) is 18.7 Å². The van der Waals surface area contributed by atoms with E-state index in [0.717, 1.165) is 17.8 Å². The van der Waals surface area contributed by atoms with Crippen molar-refractivity contribution in [3.8, 4) is 0 Å². The highest BCUT2D eigenvalue weighted by Crippen LogP contribution is 2.26. The van der Waals surface area contributed by atoms with Crippen molar-refractivity contribution in [2.75, 3.05) is 13.6 Å². The van der Waals surface area contributed by atoms with E-state index in [4.69, 9.17) is 0 Å². The number of rotatable bonds is 5. The second-order valence-corrected chi connectivity index (χ2v) is 9.09. The highest BCUT2D eigenvalue weighted by Gasteiger charge is 2.33. The Labute approximate surface area is 152 Å². The molecule has 1 aliphatic heterocycles. The van der Waals surface area contributed by atoms with E-state index in [1.807, 2.05) is 12.3 Å². The number of hydrogen-bond acceptors (Lipinski definition) is 5. The van der Waals surface area contributed by atoms with Gasteiger partial charge in [-0.05, 0) is 38.0 Å². The molecule has 1 fully saturated rings. The minimum Gasteiger partial charge on any atom is -0.335 e. The highest BCUT2D eigenvalue weighted by atomic mass is 32.2. The highest BCUT2D eigenvalue weighted by molar-refractivity contribution is 7.89. The maximum Gasteiger partial charge on any atom is 0.254 e. The van der Waals surface area contributed by atoms with Crippen LogP contribution in [0.1, 0.15) is 35.1 Å². The first-order chi connectivity index (χ1) is 11.9. The molecular weight excluding hydrogens is 358 g/mol. The van der Waals surface area contributed by atoms with E-state index in [9.17, 15) is 13.2 Å². The van der Waals surface area contributed by atoms with Gasteiger partial charge >= 0.3 is 0 Å². The molecule has 0 aliphatic carbocycles. The zero-order chi connectivity index (χ0) is 18.0. The molecule has 1 aromatic heterocycles. The van der Waals surface area contributed by atoms with Crippen LogP contribution in [-0.2, 0) is 16.6 Å². The third kappa shape index (κ3) is 3.75. The number of nitrogens with zero attached hydrogens (tertiary/aromatic N) is 3. The van der Waals surface area contributed by atoms with Gasteiger partial charge in [0.1, 0.15) is 5.01 Å². The van der Waals surface area contributed by atoms with Crippen molar-refractivity contribution in [3.05, 3.63) is 46.4 Å². The van der Waals surface area contributed by atoms with Crippen molar-refractivity contribution in [1.29, 1.82) is 0 Å². The summed E-state index contributed by atoms with van der Waals surface area (Å²) in [5, 5.41) is 2.70. The fraction of sp³-hybridized carbons (Fsp3) is 0.412. The zero-order valence-corrected chi connectivity index (χ0v) is 15.9. The molecule has 0 N–H and O–H groups in total. The van der Waals surface area contributed by atoms with Crippen LogP contribution in [0.4, 0.5) is 0 Å². The molecule has 1 saturated heterocycles. The minimum absolute atomic E-state index is 0.00284. The molecule has 1 aliphatic rings. The Bertz CT molecular complexity index is 850. The fourth-order valence-electron chi connectivity index (χ4n) is 3.02. The monoisotopic (exact) mass is 379 g/mol. The Morgan fingerprint density at radius 1 is 1.44 bits per heavy atom. The first kappa shape index (κ1) is 18.0. The van der Waals surface area contributed by atoms with Gasteiger partial charge in [-0.3, -0.25) is 4.79 Å². The summed E-state index contributed by atoms with van der Waals surface area (Å²) < 4.78 is 27.2. The summed E-state index contributed by atoms with van der Waals surface area (Å²) in [5.74, 6) is -0.221. The smallest absolute Gasteiger partial charge is 0.254 e. The van der Waals surface area contributed by atoms with Crippen molar-refractivity contribution in [2.45, 2.75) is 37.2 Å². The molecule has 3 rings (SSSR count). The molecule has 2 heterocycles. The summed E-state index contributed by atoms with van der Waals surface area (Å²) in [6.45, 7) is 2.85. The number of hydrogen-bond donors (Lipinski definition) is 0. The first-order valence-electron chi connectivity index (χ1n) is 8.15. The van der Waals surface area contributed by atoms with E-state index in [1.54, 1.807) is 36.3 Å². The molecule has 6 nitrogen and oxygen atoms in total. The van der Waals surface area contributed by atoms with E-state index in [2.05, 4.69) is 4.98 Å². The number of carbonyl (C=O) groups excluding carboxylic acids is 1. The molecular formula is C17H21N3O3S2. The maximum absolute atomic E-state index is 12.8. The number of carbonyl (C=O) groups is 1. The summed E-state index contributed by atoms with van der Waals surface area (Å²) in [7, 11) is -1.88. The minimum atomic E-state index is -3.57. The average molecular weight is 380 g/mol. The van der Waals surface area contributed by atoms with Gasteiger partial charge in [0.2, 0.25) is 10.0 Å². The summed E-state index contributed by atoms with van der Waals surface area (Å²) in [6.07, 6.45) is 3.44. The Morgan fingerprint density at radius 3 is 2.88 bits per heavy atom. The lowest BCUT2D eigenvalue weighted by Gasteiger charge is -2.21. The molecule has 134 valence electrons. The van der Waals surface area contributed by atoms with E-state index in [-0.39, 0.29) is 16.8 Å². The second kappa shape index (κ2) is 7.23. The standard InChI is InChI=1S/C17H21N3O3S2/c1-13-5-4-9-20(13)25(22,23)15-7-3-6-14(11-15)17(21)19(2)12-16-18-8-10-24-16/h3,6-8,10-11,13H,4-5,9,12H2,1-2H3/t13-/m0/s1. The lowest BCUT2D eigenvalue weighted by atomic mass is 10.2. The molecule has 25 heavy (non-hydrogen) atoms. The van der Waals surface area contributed by atoms with E-state index in [1.165, 1.54) is 21.7 Å². The Balaban J connectivity index is 1.82. The number of aromatic nitrogens is 1. The van der Waals surface area contributed by atoms with Crippen LogP contribution in [0.5, 0.6) is 0 Å². The largest absolute Gasteiger partial charge is 0.335 e. The van der Waals surface area contributed by atoms with Gasteiger partial charge in [0.15, 0.2) is 0 Å². The lowest BCUT2D eigenvalue weighted by Crippen LogP contribution is -2.34. The predicted octanol–water partition coefficient (Wildman–Crippen LogP) is 2.59. The number of sulfonamides is 1. The van der Waals surface area contributed by atoms with Gasteiger partial charge in [0.25, 0.3) is 5.91 Å². The molecule has 0 radical (unpaired) electrons. The van der Waals surface area contributed by atoms with Crippen LogP contribution in [-0.4, -0.2) is 48.1 Å². The SMILES string of the molecule is C[C@H]1CCCN1S(=O)(=O)c1cccc(C(=O)N(C)Cc2nccs2)c1. The van der Waals surface area contributed by atoms with Gasteiger partial charge in [0, 0.05) is 36.8 Å². The van der Waals surface area contributed by atoms with Crippen molar-refractivity contribution < 1.29 is 13.2 Å². The van der Waals surface area contributed by atoms with Crippen LogP contribution in [0.15, 0.2) is 40.7 Å². The van der Waals surface area contributed by atoms with Gasteiger partial charge in [-0.15, -0.1) is 11.3 Å². The third-order valence-corrected chi connectivity index (χ3v) is 7.16. The Morgan fingerprint density at radius 2 is 2.24 bits per heavy atom. The molecule has 2 aromatic rings. The van der Waals surface area contributed by atoms with Crippen LogP contribution in [0.25, 0.3) is 0 Å². The van der Waals surface area contributed by atoms with Gasteiger partial charge in [-0.2, -0.15) is 4.31 Å². The quantitative estimate of drug-likeness (QED) is 0.801. The summed E-state index contributed by atoms with van der Waals surface area (Å²) in [4.78, 5) is 18.5. The summed E-state index contributed by atoms with van der Waals surface area (Å²) in [5.41, 5.74) is 0.368. The zero-order valence-electron chi connectivity index (χ0n) is 14.3. The maximum atomic E-state index is 12.8.